The molecule has 0 atom stereocenters. The number of amides is 1. The SMILES string of the molecule is COc1ccc2c(N)c3ccccc3nc2c1C(=O)NCCN(C)C. The summed E-state index contributed by atoms with van der Waals surface area (Å²) in [5, 5.41) is 4.54. The smallest absolute Gasteiger partial charge is 0.257 e. The average Bonchev–Trinajstić information content (AvgIpc) is 2.60. The van der Waals surface area contributed by atoms with Crippen LogP contribution in [0.2, 0.25) is 0 Å². The number of nitrogens with one attached hydrogen (secondary N) is 1. The molecule has 0 radical (unpaired) electrons. The first kappa shape index (κ1) is 17.0. The molecule has 0 saturated carbocycles. The van der Waals surface area contributed by atoms with Gasteiger partial charge in [0.2, 0.25) is 0 Å². The van der Waals surface area contributed by atoms with Crippen molar-refractivity contribution in [1.82, 2.24) is 15.2 Å². The minimum Gasteiger partial charge on any atom is -0.496 e. The fraction of sp³-hybridized carbons (Fsp3) is 0.263. The van der Waals surface area contributed by atoms with Gasteiger partial charge < -0.3 is 20.7 Å². The first-order valence-corrected chi connectivity index (χ1v) is 8.10. The predicted octanol–water partition coefficient (Wildman–Crippen LogP) is 2.27. The average molecular weight is 338 g/mol. The Morgan fingerprint density at radius 2 is 1.96 bits per heavy atom. The Hall–Kier alpha value is -2.86. The minimum atomic E-state index is -0.216. The monoisotopic (exact) mass is 338 g/mol. The number of hydrogen-bond acceptors (Lipinski definition) is 5. The number of benzene rings is 2. The largest absolute Gasteiger partial charge is 0.496 e. The molecule has 6 nitrogen and oxygen atoms in total. The number of nitrogens with zero attached hydrogens (tertiary/aromatic N) is 2. The molecule has 3 aromatic rings. The maximum Gasteiger partial charge on any atom is 0.257 e. The fourth-order valence-electron chi connectivity index (χ4n) is 2.84. The summed E-state index contributed by atoms with van der Waals surface area (Å²) in [6.45, 7) is 1.28. The molecule has 130 valence electrons. The Morgan fingerprint density at radius 3 is 2.68 bits per heavy atom. The van der Waals surface area contributed by atoms with Gasteiger partial charge >= 0.3 is 0 Å². The number of para-hydroxylation sites is 1. The molecule has 1 aromatic heterocycles. The lowest BCUT2D eigenvalue weighted by Gasteiger charge is -2.15. The maximum atomic E-state index is 12.8. The van der Waals surface area contributed by atoms with Crippen LogP contribution in [0, 0.1) is 0 Å². The van der Waals surface area contributed by atoms with Crippen LogP contribution in [0.4, 0.5) is 5.69 Å². The normalized spacial score (nSPS) is 11.2. The second-order valence-electron chi connectivity index (χ2n) is 6.14. The zero-order valence-electron chi connectivity index (χ0n) is 14.7. The molecule has 3 rings (SSSR count). The second-order valence-corrected chi connectivity index (χ2v) is 6.14. The van der Waals surface area contributed by atoms with Gasteiger partial charge in [0, 0.05) is 23.9 Å². The first-order chi connectivity index (χ1) is 12.0. The molecule has 0 aliphatic rings. The van der Waals surface area contributed by atoms with Gasteiger partial charge in [-0.3, -0.25) is 4.79 Å². The van der Waals surface area contributed by atoms with Crippen LogP contribution in [0.5, 0.6) is 5.75 Å². The highest BCUT2D eigenvalue weighted by Crippen LogP contribution is 2.33. The standard InChI is InChI=1S/C19H22N4O2/c1-23(2)11-10-21-19(24)16-15(25-3)9-8-13-17(20)12-6-4-5-7-14(12)22-18(13)16/h4-9H,10-11H2,1-3H3,(H2,20,22)(H,21,24). The van der Waals surface area contributed by atoms with Crippen molar-refractivity contribution in [2.45, 2.75) is 0 Å². The van der Waals surface area contributed by atoms with Crippen LogP contribution in [0.3, 0.4) is 0 Å². The number of nitrogen functional groups attached to an aromatic ring is 1. The minimum absolute atomic E-state index is 0.216. The van der Waals surface area contributed by atoms with Crippen molar-refractivity contribution in [3.8, 4) is 5.75 Å². The van der Waals surface area contributed by atoms with E-state index in [4.69, 9.17) is 10.5 Å². The van der Waals surface area contributed by atoms with E-state index in [0.29, 0.717) is 29.1 Å². The van der Waals surface area contributed by atoms with Crippen molar-refractivity contribution in [2.24, 2.45) is 0 Å². The summed E-state index contributed by atoms with van der Waals surface area (Å²) in [5.74, 6) is 0.267. The van der Waals surface area contributed by atoms with E-state index in [1.807, 2.05) is 49.3 Å². The van der Waals surface area contributed by atoms with Gasteiger partial charge in [-0.25, -0.2) is 4.98 Å². The Bertz CT molecular complexity index is 937. The number of nitrogens with two attached hydrogens (primary N) is 1. The van der Waals surface area contributed by atoms with E-state index < -0.39 is 0 Å². The highest BCUT2D eigenvalue weighted by molar-refractivity contribution is 6.15. The fourth-order valence-corrected chi connectivity index (χ4v) is 2.84. The number of methoxy groups -OCH3 is 1. The lowest BCUT2D eigenvalue weighted by atomic mass is 10.0. The lowest BCUT2D eigenvalue weighted by Crippen LogP contribution is -2.31. The highest BCUT2D eigenvalue weighted by atomic mass is 16.5. The van der Waals surface area contributed by atoms with E-state index in [2.05, 4.69) is 10.3 Å². The summed E-state index contributed by atoms with van der Waals surface area (Å²) in [7, 11) is 5.46. The number of rotatable bonds is 5. The van der Waals surface area contributed by atoms with Crippen molar-refractivity contribution in [3.05, 3.63) is 42.0 Å². The van der Waals surface area contributed by atoms with Gasteiger partial charge in [-0.15, -0.1) is 0 Å². The maximum absolute atomic E-state index is 12.8. The number of carbonyl (C=O) groups is 1. The molecule has 0 saturated heterocycles. The molecule has 0 aliphatic carbocycles. The third-order valence-electron chi connectivity index (χ3n) is 4.15. The molecule has 0 bridgehead atoms. The molecule has 2 aromatic carbocycles. The number of hydrogen-bond donors (Lipinski definition) is 2. The Morgan fingerprint density at radius 1 is 1.20 bits per heavy atom. The summed E-state index contributed by atoms with van der Waals surface area (Å²) >= 11 is 0. The van der Waals surface area contributed by atoms with Gasteiger partial charge in [-0.05, 0) is 32.3 Å². The lowest BCUT2D eigenvalue weighted by molar-refractivity contribution is 0.0949. The van der Waals surface area contributed by atoms with E-state index in [-0.39, 0.29) is 5.91 Å². The van der Waals surface area contributed by atoms with Crippen molar-refractivity contribution >= 4 is 33.4 Å². The number of carbonyl (C=O) groups excluding carboxylic acids is 1. The predicted molar refractivity (Wildman–Crippen MR) is 101 cm³/mol. The van der Waals surface area contributed by atoms with E-state index in [1.54, 1.807) is 13.2 Å². The van der Waals surface area contributed by atoms with E-state index in [9.17, 15) is 4.79 Å². The number of likely N-dealkylation sites (N-methyl/N-ethyl adjacent to an activating group) is 1. The number of ether oxygens (including phenoxy) is 1. The molecule has 0 unspecified atom stereocenters. The van der Waals surface area contributed by atoms with Crippen LogP contribution >= 0.6 is 0 Å². The summed E-state index contributed by atoms with van der Waals surface area (Å²) in [6.07, 6.45) is 0. The summed E-state index contributed by atoms with van der Waals surface area (Å²) in [5.41, 5.74) is 8.67. The van der Waals surface area contributed by atoms with Gasteiger partial charge in [0.25, 0.3) is 5.91 Å². The van der Waals surface area contributed by atoms with Gasteiger partial charge in [-0.2, -0.15) is 0 Å². The van der Waals surface area contributed by atoms with E-state index >= 15 is 0 Å². The molecule has 0 aliphatic heterocycles. The molecule has 1 amide bonds. The molecule has 25 heavy (non-hydrogen) atoms. The second kappa shape index (κ2) is 6.94. The quantitative estimate of drug-likeness (QED) is 0.698. The molecule has 1 heterocycles. The van der Waals surface area contributed by atoms with Gasteiger partial charge in [-0.1, -0.05) is 18.2 Å². The Balaban J connectivity index is 2.16. The third kappa shape index (κ3) is 3.21. The molecule has 6 heteroatoms. The van der Waals surface area contributed by atoms with Crippen molar-refractivity contribution in [3.63, 3.8) is 0 Å². The molecule has 3 N–H and O–H groups in total. The van der Waals surface area contributed by atoms with Crippen molar-refractivity contribution in [2.75, 3.05) is 40.0 Å². The van der Waals surface area contributed by atoms with Crippen LogP contribution in [0.15, 0.2) is 36.4 Å². The van der Waals surface area contributed by atoms with Gasteiger partial charge in [0.15, 0.2) is 0 Å². The van der Waals surface area contributed by atoms with Crippen molar-refractivity contribution < 1.29 is 9.53 Å². The Kier molecular flexibility index (Phi) is 4.72. The molecule has 0 fully saturated rings. The number of pyridine rings is 1. The number of fused-ring (bicyclic) bond motifs is 2. The summed E-state index contributed by atoms with van der Waals surface area (Å²) in [4.78, 5) is 19.5. The highest BCUT2D eigenvalue weighted by Gasteiger charge is 2.19. The zero-order chi connectivity index (χ0) is 18.0. The van der Waals surface area contributed by atoms with Gasteiger partial charge in [0.1, 0.15) is 11.3 Å². The third-order valence-corrected chi connectivity index (χ3v) is 4.15. The zero-order valence-corrected chi connectivity index (χ0v) is 14.7. The van der Waals surface area contributed by atoms with Crippen LogP contribution in [-0.2, 0) is 0 Å². The Labute approximate surface area is 146 Å². The summed E-state index contributed by atoms with van der Waals surface area (Å²) < 4.78 is 5.40. The van der Waals surface area contributed by atoms with Crippen LogP contribution < -0.4 is 15.8 Å². The first-order valence-electron chi connectivity index (χ1n) is 8.10. The number of aromatic nitrogens is 1. The van der Waals surface area contributed by atoms with Crippen LogP contribution in [0.1, 0.15) is 10.4 Å². The van der Waals surface area contributed by atoms with E-state index in [1.165, 1.54) is 0 Å². The van der Waals surface area contributed by atoms with Crippen LogP contribution in [0.25, 0.3) is 21.8 Å². The topological polar surface area (TPSA) is 80.5 Å². The van der Waals surface area contributed by atoms with Crippen molar-refractivity contribution in [1.29, 1.82) is 0 Å². The van der Waals surface area contributed by atoms with Gasteiger partial charge in [0.05, 0.1) is 23.8 Å². The molecule has 0 spiro atoms. The summed E-state index contributed by atoms with van der Waals surface area (Å²) in [6, 6.07) is 11.2. The van der Waals surface area contributed by atoms with Crippen LogP contribution in [-0.4, -0.2) is 50.1 Å². The van der Waals surface area contributed by atoms with E-state index in [0.717, 1.165) is 22.8 Å². The molecular weight excluding hydrogens is 316 g/mol. The number of anilines is 1. The molecular formula is C19H22N4O2.